The van der Waals surface area contributed by atoms with Gasteiger partial charge in [0.25, 0.3) is 0 Å². The monoisotopic (exact) mass is 194 g/mol. The molecule has 1 N–H and O–H groups in total. The highest BCUT2D eigenvalue weighted by atomic mass is 14.8. The average molecular weight is 194 g/mol. The standard InChI is InChI=1S/C14H12N/c1-3-7-13(8-4-1)11-12-15-14-9-5-2-6-10-14/h1-11,15H. The third-order valence-corrected chi connectivity index (χ3v) is 2.03. The van der Waals surface area contributed by atoms with Crippen molar-refractivity contribution in [1.29, 1.82) is 0 Å². The van der Waals surface area contributed by atoms with Crippen LogP contribution >= 0.6 is 0 Å². The van der Waals surface area contributed by atoms with Crippen molar-refractivity contribution >= 4 is 11.8 Å². The molecule has 0 aromatic heterocycles. The van der Waals surface area contributed by atoms with Gasteiger partial charge in [-0.2, -0.15) is 0 Å². The molecule has 0 aliphatic heterocycles. The molecule has 0 aliphatic carbocycles. The maximum Gasteiger partial charge on any atom is 0.0629 e. The van der Waals surface area contributed by atoms with Crippen LogP contribution in [-0.4, -0.2) is 0 Å². The number of rotatable bonds is 3. The van der Waals surface area contributed by atoms with E-state index in [4.69, 9.17) is 0 Å². The van der Waals surface area contributed by atoms with Crippen molar-refractivity contribution < 1.29 is 0 Å². The number of benzene rings is 2. The van der Waals surface area contributed by atoms with Gasteiger partial charge in [0.1, 0.15) is 0 Å². The minimum absolute atomic E-state index is 1.05. The lowest BCUT2D eigenvalue weighted by Gasteiger charge is -1.97. The zero-order valence-corrected chi connectivity index (χ0v) is 8.35. The predicted molar refractivity (Wildman–Crippen MR) is 64.2 cm³/mol. The fourth-order valence-electron chi connectivity index (χ4n) is 1.27. The first-order chi connectivity index (χ1) is 7.45. The number of hydrogen-bond acceptors (Lipinski definition) is 1. The summed E-state index contributed by atoms with van der Waals surface area (Å²) in [7, 11) is 0. The maximum atomic E-state index is 3.09. The summed E-state index contributed by atoms with van der Waals surface area (Å²) >= 11 is 0. The number of para-hydroxylation sites is 1. The Bertz CT molecular complexity index is 418. The molecule has 2 aromatic carbocycles. The van der Waals surface area contributed by atoms with E-state index in [-0.39, 0.29) is 0 Å². The summed E-state index contributed by atoms with van der Waals surface area (Å²) < 4.78 is 0. The van der Waals surface area contributed by atoms with Gasteiger partial charge in [-0.15, -0.1) is 0 Å². The van der Waals surface area contributed by atoms with Crippen molar-refractivity contribution in [3.8, 4) is 0 Å². The Labute approximate surface area is 90.1 Å². The molecule has 0 saturated carbocycles. The minimum Gasteiger partial charge on any atom is -0.354 e. The number of nitrogens with one attached hydrogen (secondary N) is 1. The van der Waals surface area contributed by atoms with Crippen molar-refractivity contribution in [2.75, 3.05) is 5.32 Å². The van der Waals surface area contributed by atoms with Gasteiger partial charge in [0.05, 0.1) is 6.20 Å². The molecular formula is C14H12N. The molecule has 0 saturated heterocycles. The molecule has 0 heterocycles. The number of anilines is 1. The van der Waals surface area contributed by atoms with E-state index < -0.39 is 0 Å². The van der Waals surface area contributed by atoms with Crippen molar-refractivity contribution in [2.24, 2.45) is 0 Å². The van der Waals surface area contributed by atoms with E-state index in [1.165, 1.54) is 0 Å². The lowest BCUT2D eigenvalue weighted by molar-refractivity contribution is 1.55. The zero-order valence-electron chi connectivity index (χ0n) is 8.35. The van der Waals surface area contributed by atoms with Crippen molar-refractivity contribution in [1.82, 2.24) is 0 Å². The van der Waals surface area contributed by atoms with Gasteiger partial charge in [-0.25, -0.2) is 0 Å². The maximum absolute atomic E-state index is 3.09. The summed E-state index contributed by atoms with van der Waals surface area (Å²) in [6.07, 6.45) is 4.97. The van der Waals surface area contributed by atoms with E-state index in [0.717, 1.165) is 11.3 Å². The summed E-state index contributed by atoms with van der Waals surface area (Å²) in [4.78, 5) is 0. The van der Waals surface area contributed by atoms with Crippen LogP contribution in [0.25, 0.3) is 6.08 Å². The van der Waals surface area contributed by atoms with Gasteiger partial charge in [0, 0.05) is 5.69 Å². The van der Waals surface area contributed by atoms with Crippen molar-refractivity contribution in [3.05, 3.63) is 72.4 Å². The Hall–Kier alpha value is -2.02. The molecule has 0 atom stereocenters. The van der Waals surface area contributed by atoms with Gasteiger partial charge < -0.3 is 5.32 Å². The van der Waals surface area contributed by atoms with Crippen LogP contribution in [0.1, 0.15) is 5.56 Å². The highest BCUT2D eigenvalue weighted by Gasteiger charge is 1.85. The Morgan fingerprint density at radius 1 is 0.800 bits per heavy atom. The van der Waals surface area contributed by atoms with Crippen LogP contribution in [0.3, 0.4) is 0 Å². The summed E-state index contributed by atoms with van der Waals surface area (Å²) in [6, 6.07) is 20.1. The quantitative estimate of drug-likeness (QED) is 0.736. The SMILES string of the molecule is [C](=Cc1ccccc1)Nc1ccccc1. The Morgan fingerprint density at radius 2 is 1.40 bits per heavy atom. The van der Waals surface area contributed by atoms with Crippen LogP contribution in [0.4, 0.5) is 5.69 Å². The Kier molecular flexibility index (Phi) is 3.18. The van der Waals surface area contributed by atoms with E-state index in [1.807, 2.05) is 66.7 Å². The Morgan fingerprint density at radius 3 is 2.07 bits per heavy atom. The fourth-order valence-corrected chi connectivity index (χ4v) is 1.27. The van der Waals surface area contributed by atoms with Gasteiger partial charge in [0.2, 0.25) is 0 Å². The number of hydrogen-bond donors (Lipinski definition) is 1. The molecule has 1 heteroatoms. The van der Waals surface area contributed by atoms with E-state index in [2.05, 4.69) is 11.5 Å². The van der Waals surface area contributed by atoms with Gasteiger partial charge in [-0.05, 0) is 23.8 Å². The lowest BCUT2D eigenvalue weighted by Crippen LogP contribution is -1.86. The second-order valence-electron chi connectivity index (χ2n) is 3.19. The molecule has 73 valence electrons. The molecule has 2 rings (SSSR count). The molecule has 0 aliphatic rings. The first-order valence-electron chi connectivity index (χ1n) is 4.90. The Balaban J connectivity index is 1.97. The van der Waals surface area contributed by atoms with Crippen LogP contribution < -0.4 is 5.32 Å². The van der Waals surface area contributed by atoms with E-state index in [1.54, 1.807) is 0 Å². The molecule has 0 bridgehead atoms. The van der Waals surface area contributed by atoms with Gasteiger partial charge in [-0.1, -0.05) is 48.5 Å². The fraction of sp³-hybridized carbons (Fsp3) is 0. The second kappa shape index (κ2) is 5.01. The molecule has 2 aromatic rings. The molecule has 1 nitrogen and oxygen atoms in total. The average Bonchev–Trinajstić information content (AvgIpc) is 2.32. The third kappa shape index (κ3) is 2.99. The van der Waals surface area contributed by atoms with E-state index in [9.17, 15) is 0 Å². The van der Waals surface area contributed by atoms with E-state index in [0.29, 0.717) is 0 Å². The van der Waals surface area contributed by atoms with Gasteiger partial charge in [0.15, 0.2) is 0 Å². The van der Waals surface area contributed by atoms with Crippen LogP contribution in [0.2, 0.25) is 0 Å². The largest absolute Gasteiger partial charge is 0.354 e. The molecular weight excluding hydrogens is 182 g/mol. The second-order valence-corrected chi connectivity index (χ2v) is 3.19. The molecule has 1 radical (unpaired) electrons. The third-order valence-electron chi connectivity index (χ3n) is 2.03. The normalized spacial score (nSPS) is 10.4. The van der Waals surface area contributed by atoms with Crippen LogP contribution in [0, 0.1) is 6.20 Å². The summed E-state index contributed by atoms with van der Waals surface area (Å²) in [6.45, 7) is 0. The van der Waals surface area contributed by atoms with Crippen LogP contribution in [-0.2, 0) is 0 Å². The van der Waals surface area contributed by atoms with Gasteiger partial charge in [-0.3, -0.25) is 0 Å². The summed E-state index contributed by atoms with van der Waals surface area (Å²) in [5.41, 5.74) is 2.19. The molecule has 0 spiro atoms. The first kappa shape index (κ1) is 9.53. The first-order valence-corrected chi connectivity index (χ1v) is 4.90. The van der Waals surface area contributed by atoms with Gasteiger partial charge >= 0.3 is 0 Å². The molecule has 0 unspecified atom stereocenters. The topological polar surface area (TPSA) is 12.0 Å². The van der Waals surface area contributed by atoms with Crippen molar-refractivity contribution in [2.45, 2.75) is 0 Å². The molecule has 0 amide bonds. The smallest absolute Gasteiger partial charge is 0.0629 e. The van der Waals surface area contributed by atoms with Crippen LogP contribution in [0.15, 0.2) is 60.7 Å². The summed E-state index contributed by atoms with van der Waals surface area (Å²) in [5.74, 6) is 0. The molecule has 0 fully saturated rings. The highest BCUT2D eigenvalue weighted by Crippen LogP contribution is 2.05. The predicted octanol–water partition coefficient (Wildman–Crippen LogP) is 3.57. The van der Waals surface area contributed by atoms with Crippen LogP contribution in [0.5, 0.6) is 0 Å². The van der Waals surface area contributed by atoms with E-state index >= 15 is 0 Å². The summed E-state index contributed by atoms with van der Waals surface area (Å²) in [5, 5.41) is 3.09. The zero-order chi connectivity index (χ0) is 10.3. The highest BCUT2D eigenvalue weighted by molar-refractivity contribution is 5.52. The lowest BCUT2D eigenvalue weighted by atomic mass is 10.2. The molecule has 15 heavy (non-hydrogen) atoms. The van der Waals surface area contributed by atoms with Crippen molar-refractivity contribution in [3.63, 3.8) is 0 Å². The minimum atomic E-state index is 1.05.